The average molecular weight is 310 g/mol. The van der Waals surface area contributed by atoms with E-state index in [0.29, 0.717) is 11.0 Å². The molecule has 0 atom stereocenters. The maximum Gasteiger partial charge on any atom is 0.313 e. The molecule has 0 aliphatic heterocycles. The van der Waals surface area contributed by atoms with E-state index in [1.165, 1.54) is 0 Å². The van der Waals surface area contributed by atoms with Gasteiger partial charge in [0.1, 0.15) is 13.2 Å². The van der Waals surface area contributed by atoms with Crippen LogP contribution < -0.4 is 0 Å². The smallest absolute Gasteiger partial charge is 0.313 e. The summed E-state index contributed by atoms with van der Waals surface area (Å²) >= 11 is 0. The molecule has 122 valence electrons. The second-order valence-corrected chi connectivity index (χ2v) is 5.12. The van der Waals surface area contributed by atoms with E-state index >= 15 is 0 Å². The largest absolute Gasteiger partial charge is 0.369 e. The SMILES string of the molecule is CC[N+](C)(CC)CCOCC(F)(F)CC(F)(F)C(F)F. The van der Waals surface area contributed by atoms with Crippen molar-refractivity contribution in [2.45, 2.75) is 38.5 Å². The van der Waals surface area contributed by atoms with Gasteiger partial charge in [-0.2, -0.15) is 0 Å². The molecule has 0 aliphatic rings. The Morgan fingerprint density at radius 3 is 1.95 bits per heavy atom. The lowest BCUT2D eigenvalue weighted by molar-refractivity contribution is -0.906. The molecular weight excluding hydrogens is 288 g/mol. The molecule has 0 heterocycles. The van der Waals surface area contributed by atoms with E-state index in [9.17, 15) is 26.3 Å². The van der Waals surface area contributed by atoms with Crippen LogP contribution in [0.4, 0.5) is 26.3 Å². The van der Waals surface area contributed by atoms with Crippen molar-refractivity contribution in [3.8, 4) is 0 Å². The summed E-state index contributed by atoms with van der Waals surface area (Å²) < 4.78 is 80.3. The van der Waals surface area contributed by atoms with Crippen LogP contribution in [0.25, 0.3) is 0 Å². The van der Waals surface area contributed by atoms with Crippen LogP contribution in [0.5, 0.6) is 0 Å². The molecule has 0 aromatic rings. The molecular formula is C12H22F6NO+. The van der Waals surface area contributed by atoms with Crippen molar-refractivity contribution in [3.63, 3.8) is 0 Å². The zero-order chi connectivity index (χ0) is 16.0. The maximum absolute atomic E-state index is 13.1. The van der Waals surface area contributed by atoms with Crippen molar-refractivity contribution < 1.29 is 35.6 Å². The van der Waals surface area contributed by atoms with E-state index in [1.807, 2.05) is 20.9 Å². The van der Waals surface area contributed by atoms with Gasteiger partial charge in [0.2, 0.25) is 0 Å². The molecule has 0 saturated heterocycles. The van der Waals surface area contributed by atoms with E-state index in [4.69, 9.17) is 0 Å². The van der Waals surface area contributed by atoms with Crippen LogP contribution in [0.2, 0.25) is 0 Å². The summed E-state index contributed by atoms with van der Waals surface area (Å²) in [5, 5.41) is 0. The molecule has 8 heteroatoms. The lowest BCUT2D eigenvalue weighted by atomic mass is 10.1. The number of quaternary nitrogens is 1. The fourth-order valence-electron chi connectivity index (χ4n) is 1.52. The second kappa shape index (κ2) is 7.49. The van der Waals surface area contributed by atoms with Gasteiger partial charge in [-0.1, -0.05) is 0 Å². The third-order valence-electron chi connectivity index (χ3n) is 3.43. The molecule has 0 N–H and O–H groups in total. The van der Waals surface area contributed by atoms with Crippen LogP contribution in [0.3, 0.4) is 0 Å². The summed E-state index contributed by atoms with van der Waals surface area (Å²) in [6.07, 6.45) is -6.31. The highest BCUT2D eigenvalue weighted by Gasteiger charge is 2.49. The highest BCUT2D eigenvalue weighted by Crippen LogP contribution is 2.35. The molecule has 0 radical (unpaired) electrons. The molecule has 0 amide bonds. The van der Waals surface area contributed by atoms with Crippen LogP contribution in [0, 0.1) is 0 Å². The number of nitrogens with zero attached hydrogens (tertiary/aromatic N) is 1. The Labute approximate surface area is 115 Å². The van der Waals surface area contributed by atoms with E-state index in [-0.39, 0.29) is 6.61 Å². The molecule has 0 saturated carbocycles. The van der Waals surface area contributed by atoms with E-state index in [0.717, 1.165) is 13.1 Å². The van der Waals surface area contributed by atoms with E-state index < -0.39 is 31.3 Å². The number of halogens is 6. The standard InChI is InChI=1S/C12H22F6NO/c1-4-19(3,5-2)6-7-20-9-11(15,16)8-12(17,18)10(13)14/h10H,4-9H2,1-3H3/q+1. The van der Waals surface area contributed by atoms with Gasteiger partial charge in [0, 0.05) is 0 Å². The first-order valence-electron chi connectivity index (χ1n) is 6.43. The number of alkyl halides is 6. The van der Waals surface area contributed by atoms with Crippen molar-refractivity contribution >= 4 is 0 Å². The molecule has 2 nitrogen and oxygen atoms in total. The molecule has 0 fully saturated rings. The van der Waals surface area contributed by atoms with Gasteiger partial charge in [-0.05, 0) is 13.8 Å². The summed E-state index contributed by atoms with van der Waals surface area (Å²) in [4.78, 5) is 0. The predicted octanol–water partition coefficient (Wildman–Crippen LogP) is 3.42. The van der Waals surface area contributed by atoms with Gasteiger partial charge >= 0.3 is 12.3 Å². The first-order chi connectivity index (χ1) is 8.98. The van der Waals surface area contributed by atoms with Crippen LogP contribution in [-0.4, -0.2) is 62.6 Å². The fraction of sp³-hybridized carbons (Fsp3) is 1.00. The third kappa shape index (κ3) is 6.78. The zero-order valence-corrected chi connectivity index (χ0v) is 11.9. The van der Waals surface area contributed by atoms with Crippen molar-refractivity contribution in [1.82, 2.24) is 0 Å². The number of likely N-dealkylation sites (N-methyl/N-ethyl adjacent to an activating group) is 1. The number of hydrogen-bond acceptors (Lipinski definition) is 1. The van der Waals surface area contributed by atoms with E-state index in [1.54, 1.807) is 0 Å². The van der Waals surface area contributed by atoms with Crippen molar-refractivity contribution in [2.24, 2.45) is 0 Å². The minimum atomic E-state index is -4.70. The molecule has 0 aromatic carbocycles. The fourth-order valence-corrected chi connectivity index (χ4v) is 1.52. The summed E-state index contributed by atoms with van der Waals surface area (Å²) in [5.41, 5.74) is 0. The monoisotopic (exact) mass is 310 g/mol. The molecule has 0 spiro atoms. The van der Waals surface area contributed by atoms with Crippen molar-refractivity contribution in [2.75, 3.05) is 39.9 Å². The van der Waals surface area contributed by atoms with Gasteiger partial charge in [0.15, 0.2) is 0 Å². The third-order valence-corrected chi connectivity index (χ3v) is 3.43. The quantitative estimate of drug-likeness (QED) is 0.341. The Hall–Kier alpha value is -0.500. The molecule has 0 unspecified atom stereocenters. The van der Waals surface area contributed by atoms with Crippen molar-refractivity contribution in [1.29, 1.82) is 0 Å². The summed E-state index contributed by atoms with van der Waals surface area (Å²) in [7, 11) is 1.91. The van der Waals surface area contributed by atoms with Gasteiger partial charge < -0.3 is 9.22 Å². The molecule has 0 bridgehead atoms. The highest BCUT2D eigenvalue weighted by molar-refractivity contribution is 4.79. The Balaban J connectivity index is 4.18. The van der Waals surface area contributed by atoms with Gasteiger partial charge in [0.25, 0.3) is 5.92 Å². The molecule has 0 aromatic heterocycles. The Morgan fingerprint density at radius 1 is 1.05 bits per heavy atom. The first kappa shape index (κ1) is 19.5. The van der Waals surface area contributed by atoms with Crippen LogP contribution in [-0.2, 0) is 4.74 Å². The van der Waals surface area contributed by atoms with Crippen LogP contribution >= 0.6 is 0 Å². The highest BCUT2D eigenvalue weighted by atomic mass is 19.3. The molecule has 0 rings (SSSR count). The summed E-state index contributed by atoms with van der Waals surface area (Å²) in [5.74, 6) is -8.67. The second-order valence-electron chi connectivity index (χ2n) is 5.12. The maximum atomic E-state index is 13.1. The van der Waals surface area contributed by atoms with Crippen molar-refractivity contribution in [3.05, 3.63) is 0 Å². The minimum Gasteiger partial charge on any atom is -0.369 e. The van der Waals surface area contributed by atoms with Crippen LogP contribution in [0.1, 0.15) is 20.3 Å². The van der Waals surface area contributed by atoms with Gasteiger partial charge in [-0.15, -0.1) is 0 Å². The predicted molar refractivity (Wildman–Crippen MR) is 63.5 cm³/mol. The molecule has 0 aliphatic carbocycles. The number of rotatable bonds is 10. The summed E-state index contributed by atoms with van der Waals surface area (Å²) in [6, 6.07) is 0. The normalized spacial score (nSPS) is 14.1. The average Bonchev–Trinajstić information content (AvgIpc) is 2.33. The number of ether oxygens (including phenoxy) is 1. The molecule has 20 heavy (non-hydrogen) atoms. The topological polar surface area (TPSA) is 9.23 Å². The Morgan fingerprint density at radius 2 is 1.55 bits per heavy atom. The van der Waals surface area contributed by atoms with Gasteiger partial charge in [-0.3, -0.25) is 0 Å². The zero-order valence-electron chi connectivity index (χ0n) is 11.9. The van der Waals surface area contributed by atoms with Gasteiger partial charge in [-0.25, -0.2) is 26.3 Å². The Kier molecular flexibility index (Phi) is 7.30. The lowest BCUT2D eigenvalue weighted by Crippen LogP contribution is -2.46. The minimum absolute atomic E-state index is 0.0337. The lowest BCUT2D eigenvalue weighted by Gasteiger charge is -2.32. The van der Waals surface area contributed by atoms with Crippen LogP contribution in [0.15, 0.2) is 0 Å². The van der Waals surface area contributed by atoms with E-state index in [2.05, 4.69) is 4.74 Å². The first-order valence-corrected chi connectivity index (χ1v) is 6.43. The van der Waals surface area contributed by atoms with Gasteiger partial charge in [0.05, 0.1) is 33.2 Å². The Bertz CT molecular complexity index is 281. The summed E-state index contributed by atoms with van der Waals surface area (Å²) in [6.45, 7) is 4.56. The number of hydrogen-bond donors (Lipinski definition) is 0.